The van der Waals surface area contributed by atoms with Gasteiger partial charge >= 0.3 is 0 Å². The van der Waals surface area contributed by atoms with Gasteiger partial charge in [0.25, 0.3) is 0 Å². The molecular weight excluding hydrogens is 284 g/mol. The summed E-state index contributed by atoms with van der Waals surface area (Å²) in [5.41, 5.74) is 5.63. The lowest BCUT2D eigenvalue weighted by Crippen LogP contribution is -2.24. The number of rotatable bonds is 3. The molecule has 23 heavy (non-hydrogen) atoms. The summed E-state index contributed by atoms with van der Waals surface area (Å²) in [6.45, 7) is 4.01. The lowest BCUT2D eigenvalue weighted by Gasteiger charge is -2.16. The Bertz CT molecular complexity index is 780. The second kappa shape index (κ2) is 6.09. The fourth-order valence-electron chi connectivity index (χ4n) is 2.72. The molecule has 0 heterocycles. The van der Waals surface area contributed by atoms with Gasteiger partial charge in [0.2, 0.25) is 0 Å². The third kappa shape index (κ3) is 3.02. The van der Waals surface area contributed by atoms with Gasteiger partial charge in [0.05, 0.1) is 5.97 Å². The van der Waals surface area contributed by atoms with Crippen LogP contribution in [0.5, 0.6) is 0 Å². The van der Waals surface area contributed by atoms with Crippen LogP contribution >= 0.6 is 0 Å². The fourth-order valence-corrected chi connectivity index (χ4v) is 2.72. The molecule has 114 valence electrons. The maximum atomic E-state index is 11.8. The van der Waals surface area contributed by atoms with Gasteiger partial charge in [0.15, 0.2) is 0 Å². The first-order valence-electron chi connectivity index (χ1n) is 7.54. The number of hydrogen-bond donors (Lipinski definition) is 0. The number of carboxylic acids is 1. The lowest BCUT2D eigenvalue weighted by molar-refractivity contribution is -0.254. The van der Waals surface area contributed by atoms with Gasteiger partial charge in [0, 0.05) is 5.56 Å². The van der Waals surface area contributed by atoms with Gasteiger partial charge in [-0.3, -0.25) is 0 Å². The number of carboxylic acid groups (broad SMARTS) is 1. The molecule has 0 bridgehead atoms. The van der Waals surface area contributed by atoms with Crippen molar-refractivity contribution in [2.75, 3.05) is 0 Å². The Morgan fingerprint density at radius 1 is 0.696 bits per heavy atom. The zero-order valence-corrected chi connectivity index (χ0v) is 13.2. The smallest absolute Gasteiger partial charge is 0.0727 e. The van der Waals surface area contributed by atoms with Crippen molar-refractivity contribution >= 4 is 5.97 Å². The van der Waals surface area contributed by atoms with Crippen LogP contribution in [-0.2, 0) is 0 Å². The van der Waals surface area contributed by atoms with Crippen LogP contribution in [0.4, 0.5) is 0 Å². The van der Waals surface area contributed by atoms with E-state index in [0.29, 0.717) is 11.1 Å². The monoisotopic (exact) mass is 301 g/mol. The number of aromatic carboxylic acids is 1. The van der Waals surface area contributed by atoms with E-state index in [4.69, 9.17) is 0 Å². The molecule has 0 saturated heterocycles. The molecule has 0 amide bonds. The number of carbonyl (C=O) groups is 1. The molecule has 0 saturated carbocycles. The Balaban J connectivity index is 2.22. The Morgan fingerprint density at radius 2 is 1.09 bits per heavy atom. The molecule has 2 heteroatoms. The summed E-state index contributed by atoms with van der Waals surface area (Å²) in [6.07, 6.45) is 0. The van der Waals surface area contributed by atoms with Crippen molar-refractivity contribution in [1.29, 1.82) is 0 Å². The Kier molecular flexibility index (Phi) is 3.98. The molecule has 3 aromatic carbocycles. The summed E-state index contributed by atoms with van der Waals surface area (Å²) in [5.74, 6) is -1.16. The van der Waals surface area contributed by atoms with E-state index in [0.717, 1.165) is 22.3 Å². The molecule has 0 atom stereocenters. The third-order valence-electron chi connectivity index (χ3n) is 3.99. The van der Waals surface area contributed by atoms with E-state index in [1.54, 1.807) is 0 Å². The average Bonchev–Trinajstić information content (AvgIpc) is 2.55. The average molecular weight is 301 g/mol. The van der Waals surface area contributed by atoms with E-state index in [-0.39, 0.29) is 5.56 Å². The highest BCUT2D eigenvalue weighted by Gasteiger charge is 2.12. The number of aryl methyl sites for hydroxylation is 2. The summed E-state index contributed by atoms with van der Waals surface area (Å²) in [5, 5.41) is 11.8. The van der Waals surface area contributed by atoms with E-state index >= 15 is 0 Å². The second-order valence-corrected chi connectivity index (χ2v) is 5.75. The summed E-state index contributed by atoms with van der Waals surface area (Å²) in [7, 11) is 0. The zero-order valence-electron chi connectivity index (χ0n) is 13.2. The molecule has 0 aliphatic rings. The predicted molar refractivity (Wildman–Crippen MR) is 91.1 cm³/mol. The van der Waals surface area contributed by atoms with E-state index in [1.807, 2.05) is 80.6 Å². The number of carbonyl (C=O) groups excluding carboxylic acids is 1. The lowest BCUT2D eigenvalue weighted by atomic mass is 9.91. The Labute approximate surface area is 136 Å². The highest BCUT2D eigenvalue weighted by atomic mass is 16.4. The van der Waals surface area contributed by atoms with Crippen molar-refractivity contribution < 1.29 is 9.90 Å². The molecule has 0 spiro atoms. The number of hydrogen-bond acceptors (Lipinski definition) is 2. The Morgan fingerprint density at radius 3 is 1.43 bits per heavy atom. The minimum atomic E-state index is -1.16. The quantitative estimate of drug-likeness (QED) is 0.733. The molecule has 0 unspecified atom stereocenters. The summed E-state index contributed by atoms with van der Waals surface area (Å²) in [4.78, 5) is 11.8. The molecule has 0 fully saturated rings. The van der Waals surface area contributed by atoms with Gasteiger partial charge in [0.1, 0.15) is 0 Å². The normalized spacial score (nSPS) is 10.5. The van der Waals surface area contributed by atoms with Gasteiger partial charge in [-0.1, -0.05) is 77.9 Å². The maximum absolute atomic E-state index is 11.8. The fraction of sp³-hybridized carbons (Fsp3) is 0.0952. The Hall–Kier alpha value is -2.87. The first-order chi connectivity index (χ1) is 11.1. The predicted octanol–water partition coefficient (Wildman–Crippen LogP) is 4.00. The van der Waals surface area contributed by atoms with Crippen molar-refractivity contribution in [1.82, 2.24) is 0 Å². The second-order valence-electron chi connectivity index (χ2n) is 5.75. The van der Waals surface area contributed by atoms with Crippen LogP contribution in [0.15, 0.2) is 66.7 Å². The van der Waals surface area contributed by atoms with E-state index in [9.17, 15) is 9.90 Å². The van der Waals surface area contributed by atoms with Crippen LogP contribution in [-0.4, -0.2) is 5.97 Å². The van der Waals surface area contributed by atoms with Crippen LogP contribution in [0, 0.1) is 13.8 Å². The summed E-state index contributed by atoms with van der Waals surface area (Å²) < 4.78 is 0. The van der Waals surface area contributed by atoms with Gasteiger partial charge in [-0.05, 0) is 36.1 Å². The molecule has 0 aliphatic carbocycles. The molecule has 3 rings (SSSR count). The van der Waals surface area contributed by atoms with Crippen molar-refractivity contribution in [2.24, 2.45) is 0 Å². The minimum absolute atomic E-state index is 0.236. The van der Waals surface area contributed by atoms with Crippen molar-refractivity contribution in [3.63, 3.8) is 0 Å². The van der Waals surface area contributed by atoms with Gasteiger partial charge in [-0.25, -0.2) is 0 Å². The van der Waals surface area contributed by atoms with Crippen molar-refractivity contribution in [3.8, 4) is 22.3 Å². The zero-order chi connectivity index (χ0) is 16.4. The van der Waals surface area contributed by atoms with Crippen molar-refractivity contribution in [2.45, 2.75) is 13.8 Å². The van der Waals surface area contributed by atoms with Gasteiger partial charge in [-0.15, -0.1) is 0 Å². The standard InChI is InChI=1S/C21H18O2/c1-14-6-10-16(11-7-14)18-4-3-5-19(20(18)21(22)23)17-12-8-15(2)9-13-17/h3-13H,1-2H3,(H,22,23)/p-1. The first kappa shape index (κ1) is 15.0. The van der Waals surface area contributed by atoms with Gasteiger partial charge < -0.3 is 9.90 Å². The highest BCUT2D eigenvalue weighted by Crippen LogP contribution is 2.32. The molecule has 0 aromatic heterocycles. The summed E-state index contributed by atoms with van der Waals surface area (Å²) in [6, 6.07) is 21.2. The van der Waals surface area contributed by atoms with E-state index < -0.39 is 5.97 Å². The van der Waals surface area contributed by atoms with Gasteiger partial charge in [-0.2, -0.15) is 0 Å². The van der Waals surface area contributed by atoms with Crippen LogP contribution in [0.25, 0.3) is 22.3 Å². The SMILES string of the molecule is Cc1ccc(-c2cccc(-c3ccc(C)cc3)c2C(=O)[O-])cc1. The highest BCUT2D eigenvalue weighted by molar-refractivity contribution is 6.02. The van der Waals surface area contributed by atoms with E-state index in [2.05, 4.69) is 0 Å². The van der Waals surface area contributed by atoms with Crippen molar-refractivity contribution in [3.05, 3.63) is 83.4 Å². The molecule has 3 aromatic rings. The number of benzene rings is 3. The largest absolute Gasteiger partial charge is 0.545 e. The van der Waals surface area contributed by atoms with Crippen LogP contribution in [0.3, 0.4) is 0 Å². The van der Waals surface area contributed by atoms with E-state index in [1.165, 1.54) is 0 Å². The molecular formula is C21H17O2-. The topological polar surface area (TPSA) is 40.1 Å². The van der Waals surface area contributed by atoms with Crippen LogP contribution in [0.1, 0.15) is 21.5 Å². The molecule has 0 radical (unpaired) electrons. The van der Waals surface area contributed by atoms with Crippen LogP contribution in [0.2, 0.25) is 0 Å². The maximum Gasteiger partial charge on any atom is 0.0727 e. The molecule has 2 nitrogen and oxygen atoms in total. The minimum Gasteiger partial charge on any atom is -0.545 e. The third-order valence-corrected chi connectivity index (χ3v) is 3.99. The molecule has 0 aliphatic heterocycles. The van der Waals surface area contributed by atoms with Crippen LogP contribution < -0.4 is 5.11 Å². The molecule has 0 N–H and O–H groups in total. The summed E-state index contributed by atoms with van der Waals surface area (Å²) >= 11 is 0. The first-order valence-corrected chi connectivity index (χ1v) is 7.54.